The number of amides is 1. The van der Waals surface area contributed by atoms with Crippen LogP contribution >= 0.6 is 0 Å². The largest absolute Gasteiger partial charge is 0.332 e. The van der Waals surface area contributed by atoms with Crippen LogP contribution in [0.3, 0.4) is 0 Å². The highest BCUT2D eigenvalue weighted by Crippen LogP contribution is 2.05. The number of imidazole rings is 1. The van der Waals surface area contributed by atoms with E-state index in [2.05, 4.69) is 15.5 Å². The van der Waals surface area contributed by atoms with Crippen molar-refractivity contribution in [2.75, 3.05) is 0 Å². The second-order valence-electron chi connectivity index (χ2n) is 5.57. The van der Waals surface area contributed by atoms with E-state index in [1.807, 2.05) is 0 Å². The summed E-state index contributed by atoms with van der Waals surface area (Å²) in [4.78, 5) is 40.2. The van der Waals surface area contributed by atoms with Gasteiger partial charge in [-0.05, 0) is 6.07 Å². The van der Waals surface area contributed by atoms with Crippen molar-refractivity contribution in [1.82, 2.24) is 24.1 Å². The fourth-order valence-electron chi connectivity index (χ4n) is 2.46. The molecule has 1 aromatic carbocycles. The number of benzene rings is 1. The van der Waals surface area contributed by atoms with E-state index >= 15 is 0 Å². The van der Waals surface area contributed by atoms with Gasteiger partial charge in [-0.25, -0.2) is 19.6 Å². The molecule has 10 heteroatoms. The third-order valence-electron chi connectivity index (χ3n) is 3.83. The number of hydrazone groups is 1. The molecule has 0 radical (unpaired) electrons. The first kappa shape index (κ1) is 17.3. The van der Waals surface area contributed by atoms with Crippen LogP contribution in [0.25, 0.3) is 11.2 Å². The van der Waals surface area contributed by atoms with Crippen LogP contribution in [0.4, 0.5) is 4.39 Å². The van der Waals surface area contributed by atoms with Crippen LogP contribution in [0, 0.1) is 5.82 Å². The molecule has 3 rings (SSSR count). The molecule has 2 heterocycles. The van der Waals surface area contributed by atoms with Gasteiger partial charge in [0.05, 0.1) is 12.5 Å². The highest BCUT2D eigenvalue weighted by atomic mass is 19.1. The molecule has 0 bridgehead atoms. The molecule has 3 aromatic rings. The van der Waals surface area contributed by atoms with Gasteiger partial charge in [0.1, 0.15) is 12.4 Å². The number of aromatic nitrogens is 4. The normalized spacial score (nSPS) is 11.3. The molecule has 1 amide bonds. The van der Waals surface area contributed by atoms with Gasteiger partial charge in [-0.3, -0.25) is 18.7 Å². The molecule has 2 aromatic heterocycles. The number of hydrogen-bond acceptors (Lipinski definition) is 5. The number of carbonyl (C=O) groups excluding carboxylic acids is 1. The van der Waals surface area contributed by atoms with Crippen LogP contribution < -0.4 is 16.7 Å². The van der Waals surface area contributed by atoms with Crippen molar-refractivity contribution in [3.8, 4) is 0 Å². The predicted octanol–water partition coefficient (Wildman–Crippen LogP) is -0.277. The van der Waals surface area contributed by atoms with Gasteiger partial charge in [-0.15, -0.1) is 0 Å². The molecule has 0 saturated heterocycles. The third-order valence-corrected chi connectivity index (χ3v) is 3.83. The van der Waals surface area contributed by atoms with Crippen LogP contribution in [-0.4, -0.2) is 30.8 Å². The van der Waals surface area contributed by atoms with E-state index in [9.17, 15) is 18.8 Å². The Morgan fingerprint density at radius 3 is 2.73 bits per heavy atom. The second kappa shape index (κ2) is 6.75. The number of fused-ring (bicyclic) bond motifs is 1. The van der Waals surface area contributed by atoms with Crippen molar-refractivity contribution >= 4 is 23.3 Å². The zero-order chi connectivity index (χ0) is 18.8. The fraction of sp³-hybridized carbons (Fsp3) is 0.188. The van der Waals surface area contributed by atoms with Crippen molar-refractivity contribution in [3.05, 3.63) is 62.8 Å². The summed E-state index contributed by atoms with van der Waals surface area (Å²) in [6, 6.07) is 5.98. The van der Waals surface area contributed by atoms with Gasteiger partial charge in [0, 0.05) is 19.7 Å². The molecule has 0 fully saturated rings. The zero-order valence-corrected chi connectivity index (χ0v) is 14.0. The van der Waals surface area contributed by atoms with Crippen LogP contribution in [0.2, 0.25) is 0 Å². The lowest BCUT2D eigenvalue weighted by molar-refractivity contribution is -0.121. The number of halogens is 1. The summed E-state index contributed by atoms with van der Waals surface area (Å²) in [5, 5.41) is 3.70. The molecule has 1 N–H and O–H groups in total. The molecule has 134 valence electrons. The maximum Gasteiger partial charge on any atom is 0.332 e. The lowest BCUT2D eigenvalue weighted by Gasteiger charge is -2.06. The minimum absolute atomic E-state index is 0.128. The lowest BCUT2D eigenvalue weighted by atomic mass is 10.2. The zero-order valence-electron chi connectivity index (χ0n) is 14.0. The highest BCUT2D eigenvalue weighted by molar-refractivity contribution is 5.83. The van der Waals surface area contributed by atoms with Crippen LogP contribution in [0.5, 0.6) is 0 Å². The molecule has 26 heavy (non-hydrogen) atoms. The first-order chi connectivity index (χ1) is 12.4. The summed E-state index contributed by atoms with van der Waals surface area (Å²) in [5.74, 6) is -0.997. The number of aryl methyl sites for hydroxylation is 1. The molecule has 0 aliphatic heterocycles. The fourth-order valence-corrected chi connectivity index (χ4v) is 2.46. The predicted molar refractivity (Wildman–Crippen MR) is 92.4 cm³/mol. The van der Waals surface area contributed by atoms with E-state index in [1.54, 1.807) is 12.1 Å². The smallest absolute Gasteiger partial charge is 0.315 e. The molecule has 0 atom stereocenters. The van der Waals surface area contributed by atoms with Gasteiger partial charge in [0.25, 0.3) is 11.5 Å². The summed E-state index contributed by atoms with van der Waals surface area (Å²) in [6.45, 7) is -0.238. The van der Waals surface area contributed by atoms with E-state index in [0.717, 1.165) is 4.57 Å². The first-order valence-electron chi connectivity index (χ1n) is 7.57. The summed E-state index contributed by atoms with van der Waals surface area (Å²) in [6.07, 6.45) is 2.48. The van der Waals surface area contributed by atoms with Gasteiger partial charge < -0.3 is 4.57 Å². The second-order valence-corrected chi connectivity index (χ2v) is 5.57. The maximum atomic E-state index is 13.5. The first-order valence-corrected chi connectivity index (χ1v) is 7.57. The third kappa shape index (κ3) is 3.04. The number of nitrogens with zero attached hydrogens (tertiary/aromatic N) is 5. The molecule has 0 saturated carbocycles. The van der Waals surface area contributed by atoms with Crippen LogP contribution in [0.1, 0.15) is 5.56 Å². The Kier molecular flexibility index (Phi) is 4.48. The molecule has 9 nitrogen and oxygen atoms in total. The highest BCUT2D eigenvalue weighted by Gasteiger charge is 2.15. The Morgan fingerprint density at radius 2 is 2.00 bits per heavy atom. The van der Waals surface area contributed by atoms with Gasteiger partial charge in [0.2, 0.25) is 0 Å². The molecular formula is C16H15FN6O3. The van der Waals surface area contributed by atoms with E-state index in [-0.39, 0.29) is 23.3 Å². The lowest BCUT2D eigenvalue weighted by Crippen LogP contribution is -2.38. The molecule has 0 aliphatic rings. The van der Waals surface area contributed by atoms with Crippen LogP contribution in [-0.2, 0) is 25.4 Å². The van der Waals surface area contributed by atoms with Crippen LogP contribution in [0.15, 0.2) is 45.3 Å². The quantitative estimate of drug-likeness (QED) is 0.512. The summed E-state index contributed by atoms with van der Waals surface area (Å²) in [5.41, 5.74) is 1.73. The van der Waals surface area contributed by atoms with E-state index in [4.69, 9.17) is 0 Å². The monoisotopic (exact) mass is 358 g/mol. The number of hydrogen-bond donors (Lipinski definition) is 1. The van der Waals surface area contributed by atoms with Gasteiger partial charge in [0.15, 0.2) is 11.2 Å². The molecule has 0 aliphatic carbocycles. The molecule has 0 spiro atoms. The van der Waals surface area contributed by atoms with Gasteiger partial charge in [-0.2, -0.15) is 5.10 Å². The molecule has 0 unspecified atom stereocenters. The number of carbonyl (C=O) groups is 1. The van der Waals surface area contributed by atoms with Crippen molar-refractivity contribution < 1.29 is 9.18 Å². The Bertz CT molecular complexity index is 1140. The van der Waals surface area contributed by atoms with Crippen molar-refractivity contribution in [2.24, 2.45) is 19.2 Å². The Morgan fingerprint density at radius 1 is 1.27 bits per heavy atom. The Hall–Kier alpha value is -3.56. The number of nitrogens with one attached hydrogen (secondary N) is 1. The van der Waals surface area contributed by atoms with E-state index < -0.39 is 23.0 Å². The molecular weight excluding hydrogens is 343 g/mol. The number of rotatable bonds is 4. The van der Waals surface area contributed by atoms with Gasteiger partial charge in [-0.1, -0.05) is 18.2 Å². The van der Waals surface area contributed by atoms with Gasteiger partial charge >= 0.3 is 5.69 Å². The average Bonchev–Trinajstić information content (AvgIpc) is 3.03. The maximum absolute atomic E-state index is 13.5. The minimum atomic E-state index is -0.553. The standard InChI is InChI=1S/C16H15FN6O3/c1-21-14-13(15(25)22(2)16(21)26)23(9-18-14)8-12(24)20-19-7-10-5-3-4-6-11(10)17/h3-7,9H,8H2,1-2H3,(H,20,24). The topological polar surface area (TPSA) is 103 Å². The van der Waals surface area contributed by atoms with Crippen molar-refractivity contribution in [1.29, 1.82) is 0 Å². The Balaban J connectivity index is 1.81. The summed E-state index contributed by atoms with van der Waals surface area (Å²) < 4.78 is 17.0. The van der Waals surface area contributed by atoms with E-state index in [0.29, 0.717) is 0 Å². The van der Waals surface area contributed by atoms with E-state index in [1.165, 1.54) is 47.9 Å². The van der Waals surface area contributed by atoms with Crippen molar-refractivity contribution in [2.45, 2.75) is 6.54 Å². The Labute approximate surface area is 146 Å². The average molecular weight is 358 g/mol. The summed E-state index contributed by atoms with van der Waals surface area (Å²) >= 11 is 0. The van der Waals surface area contributed by atoms with Crippen molar-refractivity contribution in [3.63, 3.8) is 0 Å². The summed E-state index contributed by atoms with van der Waals surface area (Å²) in [7, 11) is 2.83. The minimum Gasteiger partial charge on any atom is -0.315 e. The SMILES string of the molecule is Cn1c(=O)c2c(ncn2CC(=O)NN=Cc2ccccc2F)n(C)c1=O.